The number of rotatable bonds is 4. The minimum atomic E-state index is 0.0540. The third kappa shape index (κ3) is 3.56. The van der Waals surface area contributed by atoms with Crippen LogP contribution in [0.5, 0.6) is 0 Å². The minimum Gasteiger partial charge on any atom is -0.356 e. The number of hydrogen-bond donors (Lipinski definition) is 3. The predicted octanol–water partition coefficient (Wildman–Crippen LogP) is 1.21. The van der Waals surface area contributed by atoms with Crippen molar-refractivity contribution in [2.75, 3.05) is 18.9 Å². The Kier molecular flexibility index (Phi) is 4.79. The van der Waals surface area contributed by atoms with Gasteiger partial charge in [0.2, 0.25) is 5.91 Å². The van der Waals surface area contributed by atoms with E-state index in [4.69, 9.17) is 0 Å². The summed E-state index contributed by atoms with van der Waals surface area (Å²) >= 11 is 0. The molecule has 0 aliphatic carbocycles. The Morgan fingerprint density at radius 3 is 2.96 bits per heavy atom. The smallest absolute Gasteiger partial charge is 0.225 e. The van der Waals surface area contributed by atoms with Crippen molar-refractivity contribution in [3.63, 3.8) is 0 Å². The summed E-state index contributed by atoms with van der Waals surface area (Å²) in [5, 5.41) is 13.6. The van der Waals surface area contributed by atoms with Crippen molar-refractivity contribution in [1.29, 1.82) is 0 Å². The summed E-state index contributed by atoms with van der Waals surface area (Å²) in [5.74, 6) is 0.892. The molecule has 0 saturated heterocycles. The number of amides is 1. The van der Waals surface area contributed by atoms with Crippen LogP contribution in [0.4, 0.5) is 5.69 Å². The summed E-state index contributed by atoms with van der Waals surface area (Å²) in [6, 6.07) is 9.89. The van der Waals surface area contributed by atoms with E-state index < -0.39 is 0 Å². The fourth-order valence-corrected chi connectivity index (χ4v) is 2.87. The first-order chi connectivity index (χ1) is 11.7. The van der Waals surface area contributed by atoms with Crippen LogP contribution >= 0.6 is 0 Å². The van der Waals surface area contributed by atoms with Crippen molar-refractivity contribution in [3.05, 3.63) is 47.8 Å². The normalized spacial score (nSPS) is 17.2. The van der Waals surface area contributed by atoms with Crippen LogP contribution in [0.3, 0.4) is 0 Å². The molecule has 1 unspecified atom stereocenters. The predicted molar refractivity (Wildman–Crippen MR) is 93.8 cm³/mol. The number of aliphatic imine (C=N–C) groups is 1. The van der Waals surface area contributed by atoms with Gasteiger partial charge < -0.3 is 16.0 Å². The van der Waals surface area contributed by atoms with E-state index in [1.807, 2.05) is 36.0 Å². The molecule has 3 rings (SSSR count). The topological polar surface area (TPSA) is 83.3 Å². The number of nitrogens with zero attached hydrogens (tertiary/aromatic N) is 3. The Balaban J connectivity index is 1.60. The molecule has 0 saturated carbocycles. The number of aryl methyl sites for hydroxylation is 1. The van der Waals surface area contributed by atoms with Crippen LogP contribution in [-0.2, 0) is 18.4 Å². The zero-order chi connectivity index (χ0) is 16.9. The number of carbonyl (C=O) groups is 1. The van der Waals surface area contributed by atoms with Gasteiger partial charge in [-0.1, -0.05) is 18.2 Å². The van der Waals surface area contributed by atoms with Gasteiger partial charge in [0.1, 0.15) is 0 Å². The van der Waals surface area contributed by atoms with Crippen LogP contribution in [0.1, 0.15) is 23.6 Å². The lowest BCUT2D eigenvalue weighted by atomic mass is 9.90. The SMILES string of the molecule is CN=C(NCc1ccnn1C)NCC1CC(=O)Nc2ccccc21. The molecule has 2 heterocycles. The molecule has 3 N–H and O–H groups in total. The Labute approximate surface area is 141 Å². The first-order valence-electron chi connectivity index (χ1n) is 7.97. The van der Waals surface area contributed by atoms with Gasteiger partial charge in [-0.25, -0.2) is 0 Å². The second-order valence-electron chi connectivity index (χ2n) is 5.79. The first-order valence-corrected chi connectivity index (χ1v) is 7.97. The van der Waals surface area contributed by atoms with Gasteiger partial charge in [-0.05, 0) is 17.7 Å². The highest BCUT2D eigenvalue weighted by atomic mass is 16.1. The van der Waals surface area contributed by atoms with Crippen molar-refractivity contribution in [1.82, 2.24) is 20.4 Å². The largest absolute Gasteiger partial charge is 0.356 e. The van der Waals surface area contributed by atoms with Crippen LogP contribution < -0.4 is 16.0 Å². The second kappa shape index (κ2) is 7.16. The van der Waals surface area contributed by atoms with Crippen molar-refractivity contribution >= 4 is 17.6 Å². The Morgan fingerprint density at radius 2 is 2.21 bits per heavy atom. The molecule has 1 atom stereocenters. The summed E-state index contributed by atoms with van der Waals surface area (Å²) in [7, 11) is 3.64. The lowest BCUT2D eigenvalue weighted by Gasteiger charge is -2.26. The molecule has 1 aliphatic heterocycles. The molecule has 0 bridgehead atoms. The maximum Gasteiger partial charge on any atom is 0.225 e. The minimum absolute atomic E-state index is 0.0540. The van der Waals surface area contributed by atoms with Crippen LogP contribution in [0.15, 0.2) is 41.5 Å². The second-order valence-corrected chi connectivity index (χ2v) is 5.79. The molecule has 1 aromatic heterocycles. The van der Waals surface area contributed by atoms with Gasteiger partial charge in [-0.3, -0.25) is 14.5 Å². The highest BCUT2D eigenvalue weighted by molar-refractivity contribution is 5.94. The maximum atomic E-state index is 11.9. The quantitative estimate of drug-likeness (QED) is 0.582. The fourth-order valence-electron chi connectivity index (χ4n) is 2.87. The highest BCUT2D eigenvalue weighted by Crippen LogP contribution is 2.31. The number of nitrogens with one attached hydrogen (secondary N) is 3. The van der Waals surface area contributed by atoms with E-state index in [9.17, 15) is 4.79 Å². The van der Waals surface area contributed by atoms with E-state index in [0.29, 0.717) is 25.5 Å². The van der Waals surface area contributed by atoms with Crippen LogP contribution in [-0.4, -0.2) is 35.2 Å². The van der Waals surface area contributed by atoms with E-state index in [1.54, 1.807) is 13.2 Å². The van der Waals surface area contributed by atoms with E-state index in [0.717, 1.165) is 16.9 Å². The zero-order valence-corrected chi connectivity index (χ0v) is 13.9. The van der Waals surface area contributed by atoms with Gasteiger partial charge >= 0.3 is 0 Å². The average molecular weight is 326 g/mol. The van der Waals surface area contributed by atoms with Crippen LogP contribution in [0, 0.1) is 0 Å². The van der Waals surface area contributed by atoms with E-state index >= 15 is 0 Å². The van der Waals surface area contributed by atoms with Gasteiger partial charge in [-0.15, -0.1) is 0 Å². The molecular formula is C17H22N6O. The molecule has 7 nitrogen and oxygen atoms in total. The lowest BCUT2D eigenvalue weighted by molar-refractivity contribution is -0.116. The van der Waals surface area contributed by atoms with Crippen molar-refractivity contribution in [2.24, 2.45) is 12.0 Å². The third-order valence-corrected chi connectivity index (χ3v) is 4.21. The lowest BCUT2D eigenvalue weighted by Crippen LogP contribution is -2.40. The number of benzene rings is 1. The number of fused-ring (bicyclic) bond motifs is 1. The third-order valence-electron chi connectivity index (χ3n) is 4.21. The summed E-state index contributed by atoms with van der Waals surface area (Å²) in [6.07, 6.45) is 2.24. The number of aromatic nitrogens is 2. The fraction of sp³-hybridized carbons (Fsp3) is 0.353. The molecule has 24 heavy (non-hydrogen) atoms. The molecule has 1 aliphatic rings. The Morgan fingerprint density at radius 1 is 1.38 bits per heavy atom. The zero-order valence-electron chi connectivity index (χ0n) is 13.9. The number of hydrogen-bond acceptors (Lipinski definition) is 3. The van der Waals surface area contributed by atoms with Crippen molar-refractivity contribution in [2.45, 2.75) is 18.9 Å². The highest BCUT2D eigenvalue weighted by Gasteiger charge is 2.24. The van der Waals surface area contributed by atoms with Gasteiger partial charge in [0.25, 0.3) is 0 Å². The first kappa shape index (κ1) is 16.0. The monoisotopic (exact) mass is 326 g/mol. The van der Waals surface area contributed by atoms with E-state index in [-0.39, 0.29) is 11.8 Å². The van der Waals surface area contributed by atoms with Gasteiger partial charge in [0.05, 0.1) is 12.2 Å². The molecule has 0 radical (unpaired) electrons. The molecule has 0 spiro atoms. The molecule has 2 aromatic rings. The molecular weight excluding hydrogens is 304 g/mol. The molecule has 126 valence electrons. The molecule has 7 heteroatoms. The summed E-state index contributed by atoms with van der Waals surface area (Å²) < 4.78 is 1.82. The van der Waals surface area contributed by atoms with Crippen LogP contribution in [0.2, 0.25) is 0 Å². The maximum absolute atomic E-state index is 11.9. The standard InChI is InChI=1S/C17H22N6O/c1-18-17(20-11-13-7-8-21-23(13)2)19-10-12-9-16(24)22-15-6-4-3-5-14(12)15/h3-8,12H,9-11H2,1-2H3,(H,22,24)(H2,18,19,20). The Bertz CT molecular complexity index is 751. The van der Waals surface area contributed by atoms with E-state index in [2.05, 4.69) is 32.1 Å². The number of guanidine groups is 1. The van der Waals surface area contributed by atoms with Crippen molar-refractivity contribution < 1.29 is 4.79 Å². The van der Waals surface area contributed by atoms with Crippen molar-refractivity contribution in [3.8, 4) is 0 Å². The molecule has 1 amide bonds. The number of anilines is 1. The Hall–Kier alpha value is -2.83. The van der Waals surface area contributed by atoms with Gasteiger partial charge in [0.15, 0.2) is 5.96 Å². The molecule has 0 fully saturated rings. The summed E-state index contributed by atoms with van der Waals surface area (Å²) in [5.41, 5.74) is 3.13. The summed E-state index contributed by atoms with van der Waals surface area (Å²) in [4.78, 5) is 16.1. The average Bonchev–Trinajstić information content (AvgIpc) is 2.99. The number of carbonyl (C=O) groups excluding carboxylic acids is 1. The van der Waals surface area contributed by atoms with Crippen LogP contribution in [0.25, 0.3) is 0 Å². The molecule has 1 aromatic carbocycles. The number of para-hydroxylation sites is 1. The van der Waals surface area contributed by atoms with E-state index in [1.165, 1.54) is 0 Å². The summed E-state index contributed by atoms with van der Waals surface area (Å²) in [6.45, 7) is 1.29. The van der Waals surface area contributed by atoms with Gasteiger partial charge in [-0.2, -0.15) is 5.10 Å². The van der Waals surface area contributed by atoms with Gasteiger partial charge in [0, 0.05) is 44.9 Å².